The summed E-state index contributed by atoms with van der Waals surface area (Å²) in [5.74, 6) is -1.06. The predicted molar refractivity (Wildman–Crippen MR) is 126 cm³/mol. The van der Waals surface area contributed by atoms with Crippen LogP contribution >= 0.6 is 23.4 Å². The lowest BCUT2D eigenvalue weighted by atomic mass is 10.2. The van der Waals surface area contributed by atoms with Gasteiger partial charge < -0.3 is 14.8 Å². The van der Waals surface area contributed by atoms with E-state index in [4.69, 9.17) is 21.1 Å². The molecule has 0 atom stereocenters. The van der Waals surface area contributed by atoms with Gasteiger partial charge in [0, 0.05) is 16.0 Å². The van der Waals surface area contributed by atoms with Gasteiger partial charge >= 0.3 is 0 Å². The van der Waals surface area contributed by atoms with Crippen molar-refractivity contribution in [3.8, 4) is 11.5 Å². The van der Waals surface area contributed by atoms with Gasteiger partial charge in [0.1, 0.15) is 27.9 Å². The number of methoxy groups -OCH3 is 2. The lowest BCUT2D eigenvalue weighted by Crippen LogP contribution is -2.33. The van der Waals surface area contributed by atoms with Crippen molar-refractivity contribution in [2.24, 2.45) is 0 Å². The number of para-hydroxylation sites is 1. The molecule has 0 fully saturated rings. The van der Waals surface area contributed by atoms with Crippen molar-refractivity contribution in [2.75, 3.05) is 24.4 Å². The fourth-order valence-corrected chi connectivity index (χ4v) is 4.29. The van der Waals surface area contributed by atoms with Gasteiger partial charge in [-0.2, -0.15) is 0 Å². The van der Waals surface area contributed by atoms with Gasteiger partial charge in [-0.25, -0.2) is 9.29 Å². The van der Waals surface area contributed by atoms with Crippen molar-refractivity contribution in [3.63, 3.8) is 0 Å². The van der Waals surface area contributed by atoms with Gasteiger partial charge in [0.2, 0.25) is 0 Å². The van der Waals surface area contributed by atoms with Crippen molar-refractivity contribution >= 4 is 46.6 Å². The number of nitrogens with one attached hydrogen (secondary N) is 1. The van der Waals surface area contributed by atoms with Gasteiger partial charge in [0.15, 0.2) is 0 Å². The summed E-state index contributed by atoms with van der Waals surface area (Å²) >= 11 is 7.05. The minimum Gasteiger partial charge on any atom is -0.497 e. The van der Waals surface area contributed by atoms with E-state index >= 15 is 0 Å². The minimum absolute atomic E-state index is 0.00486. The Kier molecular flexibility index (Phi) is 6.57. The Morgan fingerprint density at radius 2 is 1.67 bits per heavy atom. The summed E-state index contributed by atoms with van der Waals surface area (Å²) in [6, 6.07) is 17.4. The molecule has 0 saturated carbocycles. The van der Waals surface area contributed by atoms with Crippen LogP contribution in [0, 0.1) is 5.82 Å². The number of thioether (sulfide) groups is 1. The highest BCUT2D eigenvalue weighted by atomic mass is 35.5. The number of rotatable bonds is 7. The third-order valence-electron chi connectivity index (χ3n) is 4.83. The molecular weight excluding hydrogens is 467 g/mol. The van der Waals surface area contributed by atoms with Gasteiger partial charge in [-0.15, -0.1) is 0 Å². The molecule has 0 aromatic heterocycles. The molecule has 1 heterocycles. The van der Waals surface area contributed by atoms with Gasteiger partial charge in [-0.05, 0) is 48.5 Å². The Balaban J connectivity index is 1.80. The third-order valence-corrected chi connectivity index (χ3v) is 6.18. The number of halogens is 2. The lowest BCUT2D eigenvalue weighted by molar-refractivity contribution is -0.120. The standard InChI is InChI=1S/C24H18ClFN2O4S/c1-31-15-9-12-20(32-2)18(13-15)27-21-22(33-16-10-7-14(25)8-11-16)24(30)28(23(21)29)19-6-4-3-5-17(19)26/h3-13,27H,1-2H3. The number of ether oxygens (including phenoxy) is 2. The maximum atomic E-state index is 14.5. The van der Waals surface area contributed by atoms with Crippen LogP contribution < -0.4 is 19.7 Å². The number of carbonyl (C=O) groups is 2. The molecule has 1 N–H and O–H groups in total. The summed E-state index contributed by atoms with van der Waals surface area (Å²) in [6.07, 6.45) is 0. The van der Waals surface area contributed by atoms with Crippen LogP contribution in [0.25, 0.3) is 0 Å². The Labute approximate surface area is 198 Å². The van der Waals surface area contributed by atoms with E-state index < -0.39 is 17.6 Å². The summed E-state index contributed by atoms with van der Waals surface area (Å²) in [6.45, 7) is 0. The highest BCUT2D eigenvalue weighted by molar-refractivity contribution is 8.04. The molecule has 0 saturated heterocycles. The minimum atomic E-state index is -0.688. The van der Waals surface area contributed by atoms with Crippen LogP contribution in [0.5, 0.6) is 11.5 Å². The topological polar surface area (TPSA) is 67.9 Å². The van der Waals surface area contributed by atoms with Crippen molar-refractivity contribution in [3.05, 3.63) is 88.2 Å². The van der Waals surface area contributed by atoms with E-state index in [-0.39, 0.29) is 16.3 Å². The lowest BCUT2D eigenvalue weighted by Gasteiger charge is -2.16. The Morgan fingerprint density at radius 1 is 0.939 bits per heavy atom. The molecule has 0 spiro atoms. The molecule has 0 unspecified atom stereocenters. The van der Waals surface area contributed by atoms with Crippen LogP contribution in [0.3, 0.4) is 0 Å². The molecule has 3 aromatic rings. The molecule has 0 aliphatic carbocycles. The molecule has 4 rings (SSSR count). The maximum absolute atomic E-state index is 14.5. The predicted octanol–water partition coefficient (Wildman–Crippen LogP) is 5.49. The van der Waals surface area contributed by atoms with E-state index in [0.29, 0.717) is 27.1 Å². The average Bonchev–Trinajstić information content (AvgIpc) is 3.04. The van der Waals surface area contributed by atoms with Gasteiger partial charge in [-0.1, -0.05) is 35.5 Å². The number of anilines is 2. The highest BCUT2D eigenvalue weighted by Crippen LogP contribution is 2.40. The Hall–Kier alpha value is -3.49. The maximum Gasteiger partial charge on any atom is 0.283 e. The fraction of sp³-hybridized carbons (Fsp3) is 0.0833. The molecule has 168 valence electrons. The first-order chi connectivity index (χ1) is 15.9. The van der Waals surface area contributed by atoms with E-state index in [0.717, 1.165) is 16.7 Å². The zero-order valence-electron chi connectivity index (χ0n) is 17.6. The van der Waals surface area contributed by atoms with Crippen molar-refractivity contribution in [1.29, 1.82) is 0 Å². The van der Waals surface area contributed by atoms with E-state index in [1.54, 1.807) is 48.5 Å². The summed E-state index contributed by atoms with van der Waals surface area (Å²) < 4.78 is 25.2. The summed E-state index contributed by atoms with van der Waals surface area (Å²) in [5, 5.41) is 3.55. The quantitative estimate of drug-likeness (QED) is 0.447. The smallest absolute Gasteiger partial charge is 0.283 e. The highest BCUT2D eigenvalue weighted by Gasteiger charge is 2.41. The first-order valence-corrected chi connectivity index (χ1v) is 10.9. The zero-order chi connectivity index (χ0) is 23.5. The number of benzene rings is 3. The van der Waals surface area contributed by atoms with E-state index in [9.17, 15) is 14.0 Å². The third kappa shape index (κ3) is 4.53. The van der Waals surface area contributed by atoms with Crippen LogP contribution in [-0.2, 0) is 9.59 Å². The van der Waals surface area contributed by atoms with Crippen LogP contribution in [0.15, 0.2) is 82.2 Å². The SMILES string of the molecule is COc1ccc(OC)c(NC2=C(Sc3ccc(Cl)cc3)C(=O)N(c3ccccc3F)C2=O)c1. The van der Waals surface area contributed by atoms with E-state index in [1.165, 1.54) is 32.4 Å². The molecule has 0 radical (unpaired) electrons. The first kappa shape index (κ1) is 22.7. The summed E-state index contributed by atoms with van der Waals surface area (Å²) in [7, 11) is 2.99. The van der Waals surface area contributed by atoms with Gasteiger partial charge in [-0.3, -0.25) is 9.59 Å². The normalized spacial score (nSPS) is 13.5. The zero-order valence-corrected chi connectivity index (χ0v) is 19.2. The number of hydrogen-bond acceptors (Lipinski definition) is 6. The molecule has 6 nitrogen and oxygen atoms in total. The number of nitrogens with zero attached hydrogens (tertiary/aromatic N) is 1. The second-order valence-electron chi connectivity index (χ2n) is 6.85. The molecule has 33 heavy (non-hydrogen) atoms. The summed E-state index contributed by atoms with van der Waals surface area (Å²) in [5.41, 5.74) is 0.281. The Morgan fingerprint density at radius 3 is 2.33 bits per heavy atom. The number of carbonyl (C=O) groups excluding carboxylic acids is 2. The molecule has 9 heteroatoms. The second-order valence-corrected chi connectivity index (χ2v) is 8.37. The van der Waals surface area contributed by atoms with Gasteiger partial charge in [0.05, 0.1) is 25.6 Å². The van der Waals surface area contributed by atoms with E-state index in [2.05, 4.69) is 5.32 Å². The van der Waals surface area contributed by atoms with Crippen LogP contribution in [-0.4, -0.2) is 26.0 Å². The van der Waals surface area contributed by atoms with Crippen molar-refractivity contribution in [1.82, 2.24) is 0 Å². The van der Waals surface area contributed by atoms with Crippen LogP contribution in [0.2, 0.25) is 5.02 Å². The number of imide groups is 1. The largest absolute Gasteiger partial charge is 0.497 e. The molecular formula is C24H18ClFN2O4S. The fourth-order valence-electron chi connectivity index (χ4n) is 3.23. The van der Waals surface area contributed by atoms with Crippen molar-refractivity contribution < 1.29 is 23.5 Å². The van der Waals surface area contributed by atoms with Crippen LogP contribution in [0.1, 0.15) is 0 Å². The van der Waals surface area contributed by atoms with Crippen molar-refractivity contribution in [2.45, 2.75) is 4.90 Å². The average molecular weight is 485 g/mol. The molecule has 2 amide bonds. The van der Waals surface area contributed by atoms with E-state index in [1.807, 2.05) is 0 Å². The van der Waals surface area contributed by atoms with Crippen LogP contribution in [0.4, 0.5) is 15.8 Å². The Bertz CT molecular complexity index is 1260. The monoisotopic (exact) mass is 484 g/mol. The number of hydrogen-bond donors (Lipinski definition) is 1. The molecule has 0 bridgehead atoms. The second kappa shape index (κ2) is 9.56. The molecule has 1 aliphatic rings. The number of amides is 2. The molecule has 1 aliphatic heterocycles. The van der Waals surface area contributed by atoms with Gasteiger partial charge in [0.25, 0.3) is 11.8 Å². The molecule has 3 aromatic carbocycles. The first-order valence-electron chi connectivity index (χ1n) is 9.73. The summed E-state index contributed by atoms with van der Waals surface area (Å²) in [4.78, 5) is 28.4.